The topological polar surface area (TPSA) is 85.7 Å². The number of Topliss-reactive ketones (excluding diaryl/α,β-unsaturated/α-hetero) is 1. The normalized spacial score (nSPS) is 12.9. The number of carboxylic acids is 1. The standard InChI is InChI=1S/C23H31NO5S/c1-5-6-7-8-11-23(2,22(26)27)14-18(25)13-17-15-30-21(24-17)16-9-10-19(28-3)20(12-16)29-4/h9-10,12,15H,5-8,11,13-14H2,1-4H3,(H,26,27). The van der Waals surface area contributed by atoms with E-state index >= 15 is 0 Å². The average molecular weight is 434 g/mol. The number of carboxylic acid groups (broad SMARTS) is 1. The highest BCUT2D eigenvalue weighted by Gasteiger charge is 2.35. The van der Waals surface area contributed by atoms with E-state index in [1.54, 1.807) is 21.1 Å². The number of benzene rings is 1. The molecule has 1 unspecified atom stereocenters. The molecule has 0 saturated heterocycles. The Bertz CT molecular complexity index is 863. The fourth-order valence-electron chi connectivity index (χ4n) is 3.40. The highest BCUT2D eigenvalue weighted by molar-refractivity contribution is 7.13. The van der Waals surface area contributed by atoms with Crippen molar-refractivity contribution < 1.29 is 24.2 Å². The fourth-order valence-corrected chi connectivity index (χ4v) is 4.22. The maximum atomic E-state index is 12.6. The van der Waals surface area contributed by atoms with E-state index in [1.165, 1.54) is 11.3 Å². The molecule has 0 aliphatic rings. The van der Waals surface area contributed by atoms with Gasteiger partial charge in [-0.3, -0.25) is 9.59 Å². The lowest BCUT2D eigenvalue weighted by Gasteiger charge is -2.23. The number of methoxy groups -OCH3 is 2. The monoisotopic (exact) mass is 433 g/mol. The Hall–Kier alpha value is -2.41. The van der Waals surface area contributed by atoms with Gasteiger partial charge < -0.3 is 14.6 Å². The van der Waals surface area contributed by atoms with Gasteiger partial charge in [-0.15, -0.1) is 11.3 Å². The third-order valence-electron chi connectivity index (χ3n) is 5.25. The summed E-state index contributed by atoms with van der Waals surface area (Å²) in [5, 5.41) is 12.3. The first kappa shape index (κ1) is 23.9. The molecule has 0 saturated carbocycles. The van der Waals surface area contributed by atoms with Gasteiger partial charge in [-0.25, -0.2) is 4.98 Å². The van der Waals surface area contributed by atoms with Crippen molar-refractivity contribution in [2.75, 3.05) is 14.2 Å². The van der Waals surface area contributed by atoms with Crippen LogP contribution in [-0.2, 0) is 16.0 Å². The minimum Gasteiger partial charge on any atom is -0.493 e. The minimum atomic E-state index is -1.02. The molecule has 2 aromatic rings. The Balaban J connectivity index is 2.04. The number of ketones is 1. The number of nitrogens with zero attached hydrogens (tertiary/aromatic N) is 1. The smallest absolute Gasteiger partial charge is 0.309 e. The van der Waals surface area contributed by atoms with Crippen LogP contribution < -0.4 is 9.47 Å². The summed E-state index contributed by atoms with van der Waals surface area (Å²) in [5.74, 6) is 0.249. The molecule has 1 heterocycles. The molecule has 0 radical (unpaired) electrons. The van der Waals surface area contributed by atoms with Crippen molar-refractivity contribution in [2.24, 2.45) is 5.41 Å². The number of aliphatic carboxylic acids is 1. The van der Waals surface area contributed by atoms with Crippen LogP contribution in [0.5, 0.6) is 11.5 Å². The molecule has 0 aliphatic heterocycles. The van der Waals surface area contributed by atoms with Gasteiger partial charge in [0, 0.05) is 23.8 Å². The number of unbranched alkanes of at least 4 members (excludes halogenated alkanes) is 3. The minimum absolute atomic E-state index is 0.0255. The molecule has 0 amide bonds. The second-order valence-electron chi connectivity index (χ2n) is 7.78. The molecule has 1 N–H and O–H groups in total. The summed E-state index contributed by atoms with van der Waals surface area (Å²) in [5.41, 5.74) is 0.517. The number of hydrogen-bond acceptors (Lipinski definition) is 6. The van der Waals surface area contributed by atoms with E-state index in [-0.39, 0.29) is 18.6 Å². The maximum absolute atomic E-state index is 12.6. The van der Waals surface area contributed by atoms with E-state index in [2.05, 4.69) is 11.9 Å². The van der Waals surface area contributed by atoms with Crippen LogP contribution in [0.3, 0.4) is 0 Å². The van der Waals surface area contributed by atoms with Crippen LogP contribution in [-0.4, -0.2) is 36.1 Å². The Morgan fingerprint density at radius 3 is 2.50 bits per heavy atom. The Morgan fingerprint density at radius 1 is 1.13 bits per heavy atom. The molecule has 2 rings (SSSR count). The molecule has 30 heavy (non-hydrogen) atoms. The molecule has 0 fully saturated rings. The number of aromatic nitrogens is 1. The predicted octanol–water partition coefficient (Wildman–Crippen LogP) is 5.39. The highest BCUT2D eigenvalue weighted by atomic mass is 32.1. The van der Waals surface area contributed by atoms with Gasteiger partial charge in [0.05, 0.1) is 25.3 Å². The van der Waals surface area contributed by atoms with Gasteiger partial charge in [-0.1, -0.05) is 32.6 Å². The molecule has 1 aromatic heterocycles. The molecule has 0 aliphatic carbocycles. The van der Waals surface area contributed by atoms with Gasteiger partial charge in [0.1, 0.15) is 10.8 Å². The van der Waals surface area contributed by atoms with Crippen molar-refractivity contribution >= 4 is 23.1 Å². The summed E-state index contributed by atoms with van der Waals surface area (Å²) in [6, 6.07) is 5.56. The van der Waals surface area contributed by atoms with Crippen LogP contribution in [0.1, 0.15) is 58.1 Å². The van der Waals surface area contributed by atoms with Gasteiger partial charge in [0.15, 0.2) is 11.5 Å². The lowest BCUT2D eigenvalue weighted by Crippen LogP contribution is -2.31. The number of hydrogen-bond donors (Lipinski definition) is 1. The number of rotatable bonds is 13. The Morgan fingerprint density at radius 2 is 1.87 bits per heavy atom. The van der Waals surface area contributed by atoms with Crippen LogP contribution in [0, 0.1) is 5.41 Å². The number of ether oxygens (including phenoxy) is 2. The molecule has 0 spiro atoms. The van der Waals surface area contributed by atoms with Crippen molar-refractivity contribution in [3.8, 4) is 22.1 Å². The van der Waals surface area contributed by atoms with Crippen LogP contribution in [0.25, 0.3) is 10.6 Å². The summed E-state index contributed by atoms with van der Waals surface area (Å²) >= 11 is 1.44. The van der Waals surface area contributed by atoms with Crippen molar-refractivity contribution in [1.29, 1.82) is 0 Å². The first-order valence-corrected chi connectivity index (χ1v) is 11.1. The molecule has 6 nitrogen and oxygen atoms in total. The predicted molar refractivity (Wildman–Crippen MR) is 118 cm³/mol. The molecule has 1 aromatic carbocycles. The lowest BCUT2D eigenvalue weighted by atomic mass is 9.79. The van der Waals surface area contributed by atoms with Crippen LogP contribution in [0.4, 0.5) is 0 Å². The fraction of sp³-hybridized carbons (Fsp3) is 0.522. The molecular weight excluding hydrogens is 402 g/mol. The Kier molecular flexibility index (Phi) is 8.84. The summed E-state index contributed by atoms with van der Waals surface area (Å²) < 4.78 is 10.6. The largest absolute Gasteiger partial charge is 0.493 e. The van der Waals surface area contributed by atoms with Crippen LogP contribution >= 0.6 is 11.3 Å². The maximum Gasteiger partial charge on any atom is 0.309 e. The van der Waals surface area contributed by atoms with E-state index in [1.807, 2.05) is 23.6 Å². The second kappa shape index (κ2) is 11.1. The molecule has 164 valence electrons. The highest BCUT2D eigenvalue weighted by Crippen LogP contribution is 2.34. The van der Waals surface area contributed by atoms with Crippen molar-refractivity contribution in [3.05, 3.63) is 29.3 Å². The van der Waals surface area contributed by atoms with Crippen LogP contribution in [0.15, 0.2) is 23.6 Å². The number of carbonyl (C=O) groups is 2. The SMILES string of the molecule is CCCCCCC(C)(CC(=O)Cc1csc(-c2ccc(OC)c(OC)c2)n1)C(=O)O. The van der Waals surface area contributed by atoms with Gasteiger partial charge in [-0.05, 0) is 31.5 Å². The average Bonchev–Trinajstić information content (AvgIpc) is 3.18. The zero-order valence-electron chi connectivity index (χ0n) is 18.2. The van der Waals surface area contributed by atoms with Gasteiger partial charge >= 0.3 is 5.97 Å². The molecular formula is C23H31NO5S. The summed E-state index contributed by atoms with van der Waals surface area (Å²) in [6.45, 7) is 3.79. The Labute approximate surface area is 182 Å². The number of carbonyl (C=O) groups excluding carboxylic acids is 1. The third-order valence-corrected chi connectivity index (χ3v) is 6.19. The van der Waals surface area contributed by atoms with Crippen molar-refractivity contribution in [2.45, 2.75) is 58.8 Å². The van der Waals surface area contributed by atoms with E-state index in [9.17, 15) is 14.7 Å². The summed E-state index contributed by atoms with van der Waals surface area (Å²) in [7, 11) is 3.16. The van der Waals surface area contributed by atoms with Crippen molar-refractivity contribution in [1.82, 2.24) is 4.98 Å². The molecule has 0 bridgehead atoms. The molecule has 7 heteroatoms. The quantitative estimate of drug-likeness (QED) is 0.426. The zero-order chi connectivity index (χ0) is 22.1. The van der Waals surface area contributed by atoms with E-state index in [0.29, 0.717) is 23.6 Å². The van der Waals surface area contributed by atoms with Gasteiger partial charge in [-0.2, -0.15) is 0 Å². The van der Waals surface area contributed by atoms with Crippen LogP contribution in [0.2, 0.25) is 0 Å². The third kappa shape index (κ3) is 6.29. The van der Waals surface area contributed by atoms with E-state index in [0.717, 1.165) is 36.3 Å². The van der Waals surface area contributed by atoms with Gasteiger partial charge in [0.25, 0.3) is 0 Å². The van der Waals surface area contributed by atoms with Gasteiger partial charge in [0.2, 0.25) is 0 Å². The second-order valence-corrected chi connectivity index (χ2v) is 8.64. The summed E-state index contributed by atoms with van der Waals surface area (Å²) in [4.78, 5) is 29.0. The first-order chi connectivity index (χ1) is 14.3. The lowest BCUT2D eigenvalue weighted by molar-refractivity contribution is -0.151. The van der Waals surface area contributed by atoms with Crippen molar-refractivity contribution in [3.63, 3.8) is 0 Å². The van der Waals surface area contributed by atoms with E-state index < -0.39 is 11.4 Å². The number of thiazole rings is 1. The molecule has 1 atom stereocenters. The zero-order valence-corrected chi connectivity index (χ0v) is 19.0. The van der Waals surface area contributed by atoms with E-state index in [4.69, 9.17) is 9.47 Å². The first-order valence-electron chi connectivity index (χ1n) is 10.2. The summed E-state index contributed by atoms with van der Waals surface area (Å²) in [6.07, 6.45) is 4.68.